The first-order valence-corrected chi connectivity index (χ1v) is 6.01. The Morgan fingerprint density at radius 2 is 1.80 bits per heavy atom. The molecule has 3 N–H and O–H groups in total. The minimum Gasteiger partial charge on any atom is -0.368 e. The molecule has 0 aromatic rings. The number of hydrogen-bond donors (Lipinski definition) is 2. The minimum atomic E-state index is -3.59. The van der Waals surface area contributed by atoms with Gasteiger partial charge in [0.25, 0.3) is 0 Å². The second-order valence-electron chi connectivity index (χ2n) is 3.57. The lowest BCUT2D eigenvalue weighted by Crippen LogP contribution is -2.47. The van der Waals surface area contributed by atoms with E-state index in [4.69, 9.17) is 5.73 Å². The highest BCUT2D eigenvalue weighted by molar-refractivity contribution is 7.90. The SMILES string of the molecule is CC(=O)CC(NS(=O)(=O)C(C)C)C(N)=O. The number of primary amides is 1. The zero-order chi connectivity index (χ0) is 12.2. The number of ketones is 1. The van der Waals surface area contributed by atoms with Crippen LogP contribution in [0.2, 0.25) is 0 Å². The van der Waals surface area contributed by atoms with Crippen LogP contribution in [0.25, 0.3) is 0 Å². The maximum atomic E-state index is 11.4. The number of amides is 1. The average molecular weight is 236 g/mol. The van der Waals surface area contributed by atoms with Crippen LogP contribution in [0.3, 0.4) is 0 Å². The Morgan fingerprint density at radius 3 is 2.07 bits per heavy atom. The molecule has 0 aliphatic carbocycles. The molecule has 6 nitrogen and oxygen atoms in total. The third kappa shape index (κ3) is 4.89. The fourth-order valence-corrected chi connectivity index (χ4v) is 1.69. The lowest BCUT2D eigenvalue weighted by molar-refractivity contribution is -0.124. The smallest absolute Gasteiger partial charge is 0.236 e. The van der Waals surface area contributed by atoms with Crippen molar-refractivity contribution in [3.8, 4) is 0 Å². The topological polar surface area (TPSA) is 106 Å². The van der Waals surface area contributed by atoms with Gasteiger partial charge in [0, 0.05) is 6.42 Å². The monoisotopic (exact) mass is 236 g/mol. The molecule has 0 aromatic carbocycles. The van der Waals surface area contributed by atoms with Gasteiger partial charge in [0.05, 0.1) is 5.25 Å². The first-order valence-electron chi connectivity index (χ1n) is 4.46. The molecule has 15 heavy (non-hydrogen) atoms. The largest absolute Gasteiger partial charge is 0.368 e. The van der Waals surface area contributed by atoms with Crippen LogP contribution >= 0.6 is 0 Å². The molecule has 1 atom stereocenters. The van der Waals surface area contributed by atoms with Crippen molar-refractivity contribution in [1.82, 2.24) is 4.72 Å². The van der Waals surface area contributed by atoms with E-state index < -0.39 is 27.2 Å². The van der Waals surface area contributed by atoms with Crippen molar-refractivity contribution in [2.75, 3.05) is 0 Å². The first kappa shape index (κ1) is 14.1. The number of sulfonamides is 1. The lowest BCUT2D eigenvalue weighted by Gasteiger charge is -2.16. The minimum absolute atomic E-state index is 0.221. The van der Waals surface area contributed by atoms with Crippen LogP contribution in [0.1, 0.15) is 27.2 Å². The zero-order valence-corrected chi connectivity index (χ0v) is 9.80. The molecule has 0 saturated carbocycles. The van der Waals surface area contributed by atoms with Gasteiger partial charge in [-0.1, -0.05) is 0 Å². The van der Waals surface area contributed by atoms with E-state index in [1.165, 1.54) is 20.8 Å². The zero-order valence-electron chi connectivity index (χ0n) is 8.98. The highest BCUT2D eigenvalue weighted by Gasteiger charge is 2.25. The predicted octanol–water partition coefficient (Wildman–Crippen LogP) is -0.853. The fourth-order valence-electron chi connectivity index (χ4n) is 0.822. The van der Waals surface area contributed by atoms with Gasteiger partial charge in [-0.15, -0.1) is 0 Å². The van der Waals surface area contributed by atoms with Crippen molar-refractivity contribution in [2.45, 2.75) is 38.5 Å². The molecule has 1 unspecified atom stereocenters. The summed E-state index contributed by atoms with van der Waals surface area (Å²) >= 11 is 0. The van der Waals surface area contributed by atoms with Crippen LogP contribution < -0.4 is 10.5 Å². The molecule has 0 aliphatic heterocycles. The van der Waals surface area contributed by atoms with Gasteiger partial charge in [-0.05, 0) is 20.8 Å². The number of carbonyl (C=O) groups excluding carboxylic acids is 2. The standard InChI is InChI=1S/C8H16N2O4S/c1-5(2)15(13,14)10-7(8(9)12)4-6(3)11/h5,7,10H,4H2,1-3H3,(H2,9,12). The van der Waals surface area contributed by atoms with Crippen molar-refractivity contribution >= 4 is 21.7 Å². The van der Waals surface area contributed by atoms with Gasteiger partial charge in [0.15, 0.2) is 0 Å². The summed E-state index contributed by atoms with van der Waals surface area (Å²) in [6.07, 6.45) is -0.221. The van der Waals surface area contributed by atoms with E-state index in [2.05, 4.69) is 4.72 Å². The Morgan fingerprint density at radius 1 is 1.33 bits per heavy atom. The quantitative estimate of drug-likeness (QED) is 0.626. The number of nitrogens with two attached hydrogens (primary N) is 1. The maximum absolute atomic E-state index is 11.4. The van der Waals surface area contributed by atoms with Crippen molar-refractivity contribution in [3.05, 3.63) is 0 Å². The number of hydrogen-bond acceptors (Lipinski definition) is 4. The Bertz CT molecular complexity index is 348. The predicted molar refractivity (Wildman–Crippen MR) is 55.5 cm³/mol. The summed E-state index contributed by atoms with van der Waals surface area (Å²) in [7, 11) is -3.59. The van der Waals surface area contributed by atoms with Crippen LogP contribution in [-0.4, -0.2) is 31.4 Å². The van der Waals surface area contributed by atoms with E-state index >= 15 is 0 Å². The molecule has 1 amide bonds. The summed E-state index contributed by atoms with van der Waals surface area (Å²) in [5.41, 5.74) is 4.97. The molecule has 0 bridgehead atoms. The van der Waals surface area contributed by atoms with E-state index in [-0.39, 0.29) is 12.2 Å². The number of nitrogens with one attached hydrogen (secondary N) is 1. The van der Waals surface area contributed by atoms with E-state index in [0.717, 1.165) is 0 Å². The Kier molecular flexibility index (Phi) is 4.89. The van der Waals surface area contributed by atoms with Crippen molar-refractivity contribution in [2.24, 2.45) is 5.73 Å². The van der Waals surface area contributed by atoms with Gasteiger partial charge >= 0.3 is 0 Å². The summed E-state index contributed by atoms with van der Waals surface area (Å²) in [5, 5.41) is -0.675. The molecule has 0 fully saturated rings. The summed E-state index contributed by atoms with van der Waals surface area (Å²) in [6.45, 7) is 4.20. The molecule has 0 heterocycles. The first-order chi connectivity index (χ1) is 6.66. The van der Waals surface area contributed by atoms with E-state index in [1.807, 2.05) is 0 Å². The second kappa shape index (κ2) is 5.22. The molecule has 0 radical (unpaired) electrons. The molecule has 0 aliphatic rings. The van der Waals surface area contributed by atoms with Gasteiger partial charge in [-0.25, -0.2) is 13.1 Å². The van der Waals surface area contributed by atoms with Gasteiger partial charge in [0.1, 0.15) is 11.8 Å². The summed E-state index contributed by atoms with van der Waals surface area (Å²) in [5.74, 6) is -1.15. The Hall–Kier alpha value is -0.950. The van der Waals surface area contributed by atoms with Crippen LogP contribution in [0.5, 0.6) is 0 Å². The molecule has 0 aromatic heterocycles. The molecule has 7 heteroatoms. The summed E-state index contributed by atoms with van der Waals surface area (Å²) in [6, 6.07) is -1.16. The maximum Gasteiger partial charge on any atom is 0.236 e. The highest BCUT2D eigenvalue weighted by Crippen LogP contribution is 2.01. The van der Waals surface area contributed by atoms with Crippen LogP contribution in [0, 0.1) is 0 Å². The molecular weight excluding hydrogens is 220 g/mol. The lowest BCUT2D eigenvalue weighted by atomic mass is 10.1. The molecule has 0 saturated heterocycles. The Balaban J connectivity index is 4.70. The van der Waals surface area contributed by atoms with Gasteiger partial charge in [0.2, 0.25) is 15.9 Å². The van der Waals surface area contributed by atoms with Crippen molar-refractivity contribution in [1.29, 1.82) is 0 Å². The van der Waals surface area contributed by atoms with Gasteiger partial charge in [-0.3, -0.25) is 9.59 Å². The third-order valence-corrected chi connectivity index (χ3v) is 3.62. The molecular formula is C8H16N2O4S. The van der Waals surface area contributed by atoms with Crippen LogP contribution in [0.15, 0.2) is 0 Å². The molecule has 0 rings (SSSR count). The van der Waals surface area contributed by atoms with E-state index in [9.17, 15) is 18.0 Å². The van der Waals surface area contributed by atoms with E-state index in [0.29, 0.717) is 0 Å². The third-order valence-electron chi connectivity index (χ3n) is 1.76. The Labute approximate surface area is 89.3 Å². The fraction of sp³-hybridized carbons (Fsp3) is 0.750. The number of Topliss-reactive ketones (excluding diaryl/α,β-unsaturated/α-hetero) is 1. The second-order valence-corrected chi connectivity index (χ2v) is 5.84. The van der Waals surface area contributed by atoms with Crippen molar-refractivity contribution < 1.29 is 18.0 Å². The van der Waals surface area contributed by atoms with Crippen LogP contribution in [0.4, 0.5) is 0 Å². The van der Waals surface area contributed by atoms with Gasteiger partial charge in [-0.2, -0.15) is 0 Å². The number of rotatable bonds is 6. The molecule has 88 valence electrons. The summed E-state index contributed by atoms with van der Waals surface area (Å²) < 4.78 is 24.9. The average Bonchev–Trinajstić information content (AvgIpc) is 2.01. The highest BCUT2D eigenvalue weighted by atomic mass is 32.2. The van der Waals surface area contributed by atoms with Crippen LogP contribution in [-0.2, 0) is 19.6 Å². The van der Waals surface area contributed by atoms with Gasteiger partial charge < -0.3 is 5.73 Å². The summed E-state index contributed by atoms with van der Waals surface area (Å²) in [4.78, 5) is 21.7. The molecule has 0 spiro atoms. The number of carbonyl (C=O) groups is 2. The normalized spacial score (nSPS) is 13.9. The van der Waals surface area contributed by atoms with E-state index in [1.54, 1.807) is 0 Å². The van der Waals surface area contributed by atoms with Crippen molar-refractivity contribution in [3.63, 3.8) is 0 Å².